The Labute approximate surface area is 185 Å². The van der Waals surface area contributed by atoms with Crippen LogP contribution >= 0.6 is 34.9 Å². The van der Waals surface area contributed by atoms with Crippen molar-refractivity contribution in [3.05, 3.63) is 81.7 Å². The van der Waals surface area contributed by atoms with Crippen LogP contribution in [0.2, 0.25) is 0 Å². The van der Waals surface area contributed by atoms with Crippen molar-refractivity contribution in [2.45, 2.75) is 22.5 Å². The van der Waals surface area contributed by atoms with E-state index in [4.69, 9.17) is 0 Å². The third-order valence-electron chi connectivity index (χ3n) is 4.05. The fourth-order valence-electron chi connectivity index (χ4n) is 2.73. The standard InChI is InChI=1S/C21H18N4O2S3/c1-14-24-25-20(27)11-15(22-21(25)30-14)12-29-18-10-6-5-9-17(18)23-19(26)13-28-16-7-3-2-4-8-16/h2-11H,12-13H2,1H3,(H,23,26). The maximum Gasteiger partial charge on any atom is 0.275 e. The van der Waals surface area contributed by atoms with Gasteiger partial charge in [0.15, 0.2) is 0 Å². The van der Waals surface area contributed by atoms with Crippen molar-refractivity contribution in [3.8, 4) is 0 Å². The smallest absolute Gasteiger partial charge is 0.275 e. The van der Waals surface area contributed by atoms with Crippen LogP contribution in [-0.2, 0) is 10.5 Å². The van der Waals surface area contributed by atoms with Crippen molar-refractivity contribution < 1.29 is 4.79 Å². The number of amides is 1. The molecule has 0 aliphatic carbocycles. The Morgan fingerprint density at radius 3 is 2.70 bits per heavy atom. The number of carbonyl (C=O) groups excluding carboxylic acids is 1. The minimum atomic E-state index is -0.181. The SMILES string of the molecule is Cc1nn2c(=O)cc(CSc3ccccc3NC(=O)CSc3ccccc3)nc2s1. The molecule has 0 spiro atoms. The highest BCUT2D eigenvalue weighted by Crippen LogP contribution is 2.30. The molecule has 0 bridgehead atoms. The molecule has 2 heterocycles. The van der Waals surface area contributed by atoms with Crippen LogP contribution in [0.5, 0.6) is 0 Å². The van der Waals surface area contributed by atoms with Gasteiger partial charge in [0.25, 0.3) is 5.56 Å². The predicted molar refractivity (Wildman–Crippen MR) is 124 cm³/mol. The summed E-state index contributed by atoms with van der Waals surface area (Å²) in [6.07, 6.45) is 0. The van der Waals surface area contributed by atoms with Crippen LogP contribution in [0.4, 0.5) is 5.69 Å². The number of carbonyl (C=O) groups is 1. The van der Waals surface area contributed by atoms with Gasteiger partial charge in [0, 0.05) is 21.6 Å². The molecule has 0 saturated carbocycles. The highest BCUT2D eigenvalue weighted by atomic mass is 32.2. The second-order valence-corrected chi connectivity index (χ2v) is 9.56. The van der Waals surface area contributed by atoms with Crippen LogP contribution < -0.4 is 10.9 Å². The maximum absolute atomic E-state index is 12.4. The van der Waals surface area contributed by atoms with E-state index in [0.29, 0.717) is 22.2 Å². The van der Waals surface area contributed by atoms with Crippen molar-refractivity contribution in [3.63, 3.8) is 0 Å². The molecule has 0 radical (unpaired) electrons. The number of aromatic nitrogens is 3. The lowest BCUT2D eigenvalue weighted by Crippen LogP contribution is -2.15. The zero-order valence-electron chi connectivity index (χ0n) is 16.1. The molecule has 0 aliphatic heterocycles. The normalized spacial score (nSPS) is 11.0. The molecule has 0 unspecified atom stereocenters. The lowest BCUT2D eigenvalue weighted by Gasteiger charge is -2.10. The molecule has 30 heavy (non-hydrogen) atoms. The van der Waals surface area contributed by atoms with Gasteiger partial charge in [0.2, 0.25) is 10.9 Å². The topological polar surface area (TPSA) is 76.4 Å². The Hall–Kier alpha value is -2.62. The Balaban J connectivity index is 1.42. The number of fused-ring (bicyclic) bond motifs is 1. The lowest BCUT2D eigenvalue weighted by atomic mass is 10.3. The first-order valence-corrected chi connectivity index (χ1v) is 11.9. The van der Waals surface area contributed by atoms with Gasteiger partial charge < -0.3 is 5.32 Å². The van der Waals surface area contributed by atoms with Gasteiger partial charge >= 0.3 is 0 Å². The molecular formula is C21H18N4O2S3. The largest absolute Gasteiger partial charge is 0.324 e. The molecule has 6 nitrogen and oxygen atoms in total. The first kappa shape index (κ1) is 20.6. The van der Waals surface area contributed by atoms with E-state index in [1.807, 2.05) is 61.5 Å². The maximum atomic E-state index is 12.4. The third-order valence-corrected chi connectivity index (χ3v) is 6.99. The van der Waals surface area contributed by atoms with E-state index in [-0.39, 0.29) is 11.5 Å². The van der Waals surface area contributed by atoms with E-state index in [1.165, 1.54) is 45.4 Å². The molecule has 152 valence electrons. The van der Waals surface area contributed by atoms with Crippen LogP contribution in [0.1, 0.15) is 10.7 Å². The summed E-state index contributed by atoms with van der Waals surface area (Å²) < 4.78 is 1.33. The number of nitrogens with zero attached hydrogens (tertiary/aromatic N) is 3. The third kappa shape index (κ3) is 5.10. The highest BCUT2D eigenvalue weighted by molar-refractivity contribution is 8.00. The fourth-order valence-corrected chi connectivity index (χ4v) is 5.11. The Morgan fingerprint density at radius 1 is 1.10 bits per heavy atom. The monoisotopic (exact) mass is 454 g/mol. The van der Waals surface area contributed by atoms with Crippen molar-refractivity contribution in [2.24, 2.45) is 0 Å². The number of hydrogen-bond acceptors (Lipinski definition) is 7. The molecular weight excluding hydrogens is 436 g/mol. The minimum Gasteiger partial charge on any atom is -0.324 e. The number of rotatable bonds is 7. The highest BCUT2D eigenvalue weighted by Gasteiger charge is 2.11. The van der Waals surface area contributed by atoms with Crippen LogP contribution in [0.3, 0.4) is 0 Å². The number of thioether (sulfide) groups is 2. The van der Waals surface area contributed by atoms with E-state index < -0.39 is 0 Å². The van der Waals surface area contributed by atoms with E-state index in [1.54, 1.807) is 0 Å². The van der Waals surface area contributed by atoms with Crippen molar-refractivity contribution >= 4 is 51.4 Å². The first-order chi connectivity index (χ1) is 14.6. The Bertz CT molecular complexity index is 1240. The second kappa shape index (κ2) is 9.46. The summed E-state index contributed by atoms with van der Waals surface area (Å²) in [5, 5.41) is 7.95. The molecule has 0 atom stereocenters. The number of nitrogens with one attached hydrogen (secondary N) is 1. The van der Waals surface area contributed by atoms with Gasteiger partial charge in [0.1, 0.15) is 5.01 Å². The van der Waals surface area contributed by atoms with E-state index in [0.717, 1.165) is 20.5 Å². The summed E-state index contributed by atoms with van der Waals surface area (Å²) in [5.41, 5.74) is 1.27. The van der Waals surface area contributed by atoms with Crippen LogP contribution in [0, 0.1) is 6.92 Å². The number of aryl methyl sites for hydroxylation is 1. The summed E-state index contributed by atoms with van der Waals surface area (Å²) in [6.45, 7) is 1.85. The van der Waals surface area contributed by atoms with Crippen molar-refractivity contribution in [1.82, 2.24) is 14.6 Å². The molecule has 4 rings (SSSR count). The molecule has 9 heteroatoms. The Morgan fingerprint density at radius 2 is 1.87 bits per heavy atom. The predicted octanol–water partition coefficient (Wildman–Crippen LogP) is 4.48. The lowest BCUT2D eigenvalue weighted by molar-refractivity contribution is -0.113. The van der Waals surface area contributed by atoms with Gasteiger partial charge in [0.05, 0.1) is 17.1 Å². The molecule has 0 aliphatic rings. The second-order valence-electron chi connectivity index (χ2n) is 6.34. The van der Waals surface area contributed by atoms with Crippen molar-refractivity contribution in [1.29, 1.82) is 0 Å². The van der Waals surface area contributed by atoms with Gasteiger partial charge in [-0.05, 0) is 31.2 Å². The molecule has 0 saturated heterocycles. The summed E-state index contributed by atoms with van der Waals surface area (Å²) in [7, 11) is 0. The number of hydrogen-bond donors (Lipinski definition) is 1. The molecule has 0 fully saturated rings. The average molecular weight is 455 g/mol. The van der Waals surface area contributed by atoms with Gasteiger partial charge in [-0.3, -0.25) is 9.59 Å². The molecule has 1 amide bonds. The summed E-state index contributed by atoms with van der Waals surface area (Å²) in [4.78, 5) is 31.7. The van der Waals surface area contributed by atoms with Crippen LogP contribution in [-0.4, -0.2) is 26.3 Å². The fraction of sp³-hybridized carbons (Fsp3) is 0.143. The van der Waals surface area contributed by atoms with Gasteiger partial charge in [-0.2, -0.15) is 9.61 Å². The zero-order valence-corrected chi connectivity index (χ0v) is 18.5. The number of anilines is 1. The van der Waals surface area contributed by atoms with E-state index in [2.05, 4.69) is 15.4 Å². The number of para-hydroxylation sites is 1. The number of benzene rings is 2. The van der Waals surface area contributed by atoms with E-state index in [9.17, 15) is 9.59 Å². The molecule has 4 aromatic rings. The van der Waals surface area contributed by atoms with Crippen LogP contribution in [0.15, 0.2) is 75.2 Å². The van der Waals surface area contributed by atoms with Crippen LogP contribution in [0.25, 0.3) is 4.96 Å². The van der Waals surface area contributed by atoms with Gasteiger partial charge in [-0.25, -0.2) is 4.98 Å². The average Bonchev–Trinajstić information content (AvgIpc) is 3.13. The van der Waals surface area contributed by atoms with Gasteiger partial charge in [-0.15, -0.1) is 23.5 Å². The Kier molecular flexibility index (Phi) is 6.51. The first-order valence-electron chi connectivity index (χ1n) is 9.14. The van der Waals surface area contributed by atoms with Crippen molar-refractivity contribution in [2.75, 3.05) is 11.1 Å². The molecule has 1 N–H and O–H groups in total. The summed E-state index contributed by atoms with van der Waals surface area (Å²) in [6, 6.07) is 19.0. The minimum absolute atomic E-state index is 0.0603. The zero-order chi connectivity index (χ0) is 20.9. The quantitative estimate of drug-likeness (QED) is 0.415. The summed E-state index contributed by atoms with van der Waals surface area (Å²) in [5.74, 6) is 0.798. The molecule has 2 aromatic heterocycles. The van der Waals surface area contributed by atoms with E-state index >= 15 is 0 Å². The summed E-state index contributed by atoms with van der Waals surface area (Å²) >= 11 is 4.42. The van der Waals surface area contributed by atoms with Gasteiger partial charge in [-0.1, -0.05) is 41.7 Å². The molecule has 2 aromatic carbocycles.